The molecule has 4 aromatic rings. The third kappa shape index (κ3) is 4.85. The zero-order valence-electron chi connectivity index (χ0n) is 24.3. The van der Waals surface area contributed by atoms with Crippen LogP contribution in [0.15, 0.2) is 42.5 Å². The largest absolute Gasteiger partial charge is 0.508 e. The molecule has 2 atom stereocenters. The van der Waals surface area contributed by atoms with Crippen LogP contribution in [0, 0.1) is 23.6 Å². The molecule has 0 amide bonds. The number of benzene rings is 3. The van der Waals surface area contributed by atoms with Gasteiger partial charge in [0.25, 0.3) is 0 Å². The third-order valence-electron chi connectivity index (χ3n) is 9.91. The Balaban J connectivity index is 1.23. The monoisotopic (exact) mass is 577 g/mol. The van der Waals surface area contributed by atoms with Crippen LogP contribution in [0.1, 0.15) is 44.1 Å². The Hall–Kier alpha value is -3.93. The molecule has 1 saturated carbocycles. The van der Waals surface area contributed by atoms with Gasteiger partial charge in [-0.25, -0.2) is 4.39 Å². The highest BCUT2D eigenvalue weighted by molar-refractivity contribution is 6.04. The van der Waals surface area contributed by atoms with Crippen molar-refractivity contribution in [1.29, 1.82) is 0 Å². The van der Waals surface area contributed by atoms with Gasteiger partial charge in [-0.15, -0.1) is 6.42 Å². The second-order valence-corrected chi connectivity index (χ2v) is 13.0. The second-order valence-electron chi connectivity index (χ2n) is 13.0. The van der Waals surface area contributed by atoms with E-state index in [4.69, 9.17) is 21.1 Å². The van der Waals surface area contributed by atoms with Crippen LogP contribution in [0.3, 0.4) is 0 Å². The van der Waals surface area contributed by atoms with Crippen molar-refractivity contribution in [3.63, 3.8) is 0 Å². The molecule has 220 valence electrons. The Bertz CT molecular complexity index is 1760. The first kappa shape index (κ1) is 26.7. The number of fused-ring (bicyclic) bond motifs is 4. The molecule has 3 aromatic carbocycles. The quantitative estimate of drug-likeness (QED) is 0.282. The Morgan fingerprint density at radius 3 is 2.58 bits per heavy atom. The van der Waals surface area contributed by atoms with Gasteiger partial charge in [0, 0.05) is 59.0 Å². The maximum absolute atomic E-state index is 16.8. The summed E-state index contributed by atoms with van der Waals surface area (Å²) in [6.45, 7) is 5.51. The number of aromatic nitrogens is 2. The lowest BCUT2D eigenvalue weighted by atomic mass is 9.93. The van der Waals surface area contributed by atoms with Crippen LogP contribution in [0.4, 0.5) is 10.2 Å². The summed E-state index contributed by atoms with van der Waals surface area (Å²) < 4.78 is 23.1. The van der Waals surface area contributed by atoms with Gasteiger partial charge in [-0.1, -0.05) is 24.1 Å². The van der Waals surface area contributed by atoms with Crippen LogP contribution in [0.5, 0.6) is 11.8 Å². The third-order valence-corrected chi connectivity index (χ3v) is 9.91. The lowest BCUT2D eigenvalue weighted by Gasteiger charge is -2.34. The molecule has 0 spiro atoms. The zero-order chi connectivity index (χ0) is 29.1. The summed E-state index contributed by atoms with van der Waals surface area (Å²) in [6.07, 6.45) is 12.9. The van der Waals surface area contributed by atoms with Gasteiger partial charge in [-0.2, -0.15) is 9.97 Å². The SMILES string of the molecule is C#Cc1cccc2cc(O)cc(-c3ccc4c(N5C[C@H]6CC[C@@H](C5)N6)nc(OCC5(CN6CCCC6)CC5)nc4c3F)c12. The molecule has 2 bridgehead atoms. The number of likely N-dealkylation sites (tertiary alicyclic amines) is 1. The van der Waals surface area contributed by atoms with Crippen LogP contribution in [-0.2, 0) is 0 Å². The molecule has 8 heteroatoms. The van der Waals surface area contributed by atoms with Crippen LogP contribution in [-0.4, -0.2) is 71.4 Å². The number of piperazine rings is 1. The first-order valence-electron chi connectivity index (χ1n) is 15.6. The predicted octanol–water partition coefficient (Wildman–Crippen LogP) is 5.47. The Morgan fingerprint density at radius 1 is 1.05 bits per heavy atom. The standard InChI is InChI=1S/C35H36FN5O2/c1-2-22-6-5-7-23-16-26(42)17-29(30(22)23)27-10-11-28-32(31(27)36)38-34(39-33(28)41-18-24-8-9-25(19-41)37-24)43-21-35(12-13-35)20-40-14-3-4-15-40/h1,5-7,10-11,16-17,24-25,37,42H,3-4,8-9,12-15,18-21H2/t24-,25+. The highest BCUT2D eigenvalue weighted by Gasteiger charge is 2.45. The van der Waals surface area contributed by atoms with Crippen molar-refractivity contribution < 1.29 is 14.2 Å². The van der Waals surface area contributed by atoms with Crippen LogP contribution < -0.4 is 15.0 Å². The molecule has 4 aliphatic rings. The van der Waals surface area contributed by atoms with Crippen molar-refractivity contribution in [2.24, 2.45) is 5.41 Å². The highest BCUT2D eigenvalue weighted by Crippen LogP contribution is 2.47. The summed E-state index contributed by atoms with van der Waals surface area (Å²) in [7, 11) is 0. The molecule has 7 nitrogen and oxygen atoms in total. The molecule has 1 aromatic heterocycles. The molecule has 8 rings (SSSR count). The summed E-state index contributed by atoms with van der Waals surface area (Å²) in [5, 5.41) is 16.4. The van der Waals surface area contributed by atoms with Crippen molar-refractivity contribution in [3.05, 3.63) is 53.8 Å². The molecule has 1 aliphatic carbocycles. The van der Waals surface area contributed by atoms with Gasteiger partial charge in [0.1, 0.15) is 17.1 Å². The molecule has 3 aliphatic heterocycles. The van der Waals surface area contributed by atoms with Crippen LogP contribution in [0.2, 0.25) is 0 Å². The van der Waals surface area contributed by atoms with Crippen molar-refractivity contribution in [2.75, 3.05) is 44.2 Å². The van der Waals surface area contributed by atoms with E-state index in [0.29, 0.717) is 40.8 Å². The summed E-state index contributed by atoms with van der Waals surface area (Å²) >= 11 is 0. The van der Waals surface area contributed by atoms with E-state index in [2.05, 4.69) is 21.0 Å². The molecule has 2 N–H and O–H groups in total. The number of aromatic hydroxyl groups is 1. The lowest BCUT2D eigenvalue weighted by Crippen LogP contribution is -2.51. The minimum Gasteiger partial charge on any atom is -0.508 e. The first-order chi connectivity index (χ1) is 21.0. The first-order valence-corrected chi connectivity index (χ1v) is 15.6. The second kappa shape index (κ2) is 10.4. The highest BCUT2D eigenvalue weighted by atomic mass is 19.1. The summed E-state index contributed by atoms with van der Waals surface area (Å²) in [4.78, 5) is 14.5. The minimum atomic E-state index is -0.471. The van der Waals surface area contributed by atoms with E-state index in [1.54, 1.807) is 18.2 Å². The van der Waals surface area contributed by atoms with Crippen molar-refractivity contribution in [2.45, 2.75) is 50.6 Å². The molecular formula is C35H36FN5O2. The van der Waals surface area contributed by atoms with E-state index in [1.165, 1.54) is 12.8 Å². The van der Waals surface area contributed by atoms with E-state index in [0.717, 1.165) is 75.0 Å². The van der Waals surface area contributed by atoms with Gasteiger partial charge in [0.15, 0.2) is 5.82 Å². The van der Waals surface area contributed by atoms with E-state index in [-0.39, 0.29) is 22.7 Å². The van der Waals surface area contributed by atoms with Gasteiger partial charge in [-0.05, 0) is 86.8 Å². The number of nitrogens with one attached hydrogen (secondary N) is 1. The number of rotatable bonds is 7. The average molecular weight is 578 g/mol. The van der Waals surface area contributed by atoms with Gasteiger partial charge < -0.3 is 25.0 Å². The Morgan fingerprint density at radius 2 is 1.84 bits per heavy atom. The normalized spacial score (nSPS) is 22.7. The van der Waals surface area contributed by atoms with E-state index in [1.807, 2.05) is 24.3 Å². The topological polar surface area (TPSA) is 73.8 Å². The Kier molecular flexibility index (Phi) is 6.43. The number of phenols is 1. The number of phenolic OH excluding ortho intramolecular Hbond substituents is 1. The average Bonchev–Trinajstić information content (AvgIpc) is 3.42. The van der Waals surface area contributed by atoms with Gasteiger partial charge in [-0.3, -0.25) is 0 Å². The number of hydrogen-bond acceptors (Lipinski definition) is 7. The molecule has 0 unspecified atom stereocenters. The minimum absolute atomic E-state index is 0.0487. The molecule has 4 fully saturated rings. The number of ether oxygens (including phenoxy) is 1. The maximum atomic E-state index is 16.8. The zero-order valence-corrected chi connectivity index (χ0v) is 24.3. The molecule has 43 heavy (non-hydrogen) atoms. The lowest BCUT2D eigenvalue weighted by molar-refractivity contribution is 0.170. The van der Waals surface area contributed by atoms with Crippen molar-refractivity contribution in [3.8, 4) is 35.2 Å². The van der Waals surface area contributed by atoms with Crippen LogP contribution >= 0.6 is 0 Å². The fraction of sp³-hybridized carbons (Fsp3) is 0.429. The summed E-state index contributed by atoms with van der Waals surface area (Å²) in [6, 6.07) is 13.5. The molecule has 4 heterocycles. The predicted molar refractivity (Wildman–Crippen MR) is 167 cm³/mol. The fourth-order valence-corrected chi connectivity index (χ4v) is 7.51. The van der Waals surface area contributed by atoms with Gasteiger partial charge in [0.2, 0.25) is 0 Å². The fourth-order valence-electron chi connectivity index (χ4n) is 7.51. The van der Waals surface area contributed by atoms with Crippen molar-refractivity contribution >= 4 is 27.5 Å². The van der Waals surface area contributed by atoms with Crippen molar-refractivity contribution in [1.82, 2.24) is 20.2 Å². The van der Waals surface area contributed by atoms with E-state index < -0.39 is 5.82 Å². The number of anilines is 1. The summed E-state index contributed by atoms with van der Waals surface area (Å²) in [5.74, 6) is 3.03. The summed E-state index contributed by atoms with van der Waals surface area (Å²) in [5.41, 5.74) is 1.86. The van der Waals surface area contributed by atoms with Gasteiger partial charge in [0.05, 0.1) is 6.61 Å². The van der Waals surface area contributed by atoms with E-state index in [9.17, 15) is 5.11 Å². The number of terminal acetylenes is 1. The van der Waals surface area contributed by atoms with Crippen LogP contribution in [0.25, 0.3) is 32.8 Å². The maximum Gasteiger partial charge on any atom is 0.319 e. The molecular weight excluding hydrogens is 541 g/mol. The van der Waals surface area contributed by atoms with E-state index >= 15 is 4.39 Å². The molecule has 3 saturated heterocycles. The number of halogens is 1. The number of nitrogens with zero attached hydrogens (tertiary/aromatic N) is 4. The smallest absolute Gasteiger partial charge is 0.319 e. The molecule has 0 radical (unpaired) electrons. The Labute approximate surface area is 251 Å². The number of hydrogen-bond donors (Lipinski definition) is 2. The van der Waals surface area contributed by atoms with Gasteiger partial charge >= 0.3 is 6.01 Å².